The summed E-state index contributed by atoms with van der Waals surface area (Å²) in [4.78, 5) is 58.5. The van der Waals surface area contributed by atoms with E-state index in [1.165, 1.54) is 0 Å². The number of nitrogens with two attached hydrogens (primary N) is 1. The van der Waals surface area contributed by atoms with Crippen molar-refractivity contribution in [1.29, 1.82) is 0 Å². The van der Waals surface area contributed by atoms with Crippen LogP contribution in [0, 0.1) is 0 Å². The van der Waals surface area contributed by atoms with E-state index in [1.54, 1.807) is 0 Å². The first kappa shape index (κ1) is 23.2. The summed E-state index contributed by atoms with van der Waals surface area (Å²) >= 11 is 0. The van der Waals surface area contributed by atoms with Crippen LogP contribution < -0.4 is 5.73 Å². The molecule has 0 aromatic carbocycles. The largest absolute Gasteiger partial charge is 0.463 e. The number of ether oxygens (including phenoxy) is 5. The highest BCUT2D eigenvalue weighted by atomic mass is 16.7. The molecule has 5 atom stereocenters. The molecule has 11 heteroatoms. The van der Waals surface area contributed by atoms with Crippen molar-refractivity contribution < 1.29 is 47.7 Å². The normalized spacial score (nSPS) is 29.2. The molecule has 1 saturated heterocycles. The number of carbonyl (C=O) groups is 5. The van der Waals surface area contributed by atoms with Crippen LogP contribution in [0.15, 0.2) is 12.7 Å². The van der Waals surface area contributed by atoms with Crippen molar-refractivity contribution in [3.05, 3.63) is 12.7 Å². The second-order valence-corrected chi connectivity index (χ2v) is 5.96. The van der Waals surface area contributed by atoms with Gasteiger partial charge in [0.25, 0.3) is 5.79 Å². The fourth-order valence-corrected chi connectivity index (χ4v) is 2.72. The van der Waals surface area contributed by atoms with Crippen molar-refractivity contribution in [2.24, 2.45) is 5.73 Å². The van der Waals surface area contributed by atoms with Gasteiger partial charge in [-0.1, -0.05) is 6.58 Å². The average molecular weight is 401 g/mol. The number of carbonyl (C=O) groups excluding carboxylic acids is 5. The number of ketones is 1. The predicted molar refractivity (Wildman–Crippen MR) is 90.3 cm³/mol. The van der Waals surface area contributed by atoms with Crippen LogP contribution in [0.2, 0.25) is 0 Å². The molecule has 1 aliphatic heterocycles. The third-order valence-electron chi connectivity index (χ3n) is 3.69. The molecule has 0 spiro atoms. The summed E-state index contributed by atoms with van der Waals surface area (Å²) in [7, 11) is 0. The molecule has 1 rings (SSSR count). The van der Waals surface area contributed by atoms with Gasteiger partial charge in [0.15, 0.2) is 12.2 Å². The van der Waals surface area contributed by atoms with Crippen LogP contribution in [0.4, 0.5) is 0 Å². The Balaban J connectivity index is 3.50. The highest BCUT2D eigenvalue weighted by Crippen LogP contribution is 2.35. The van der Waals surface area contributed by atoms with Gasteiger partial charge in [0, 0.05) is 27.7 Å². The molecular formula is C17H23NO10. The number of esters is 4. The van der Waals surface area contributed by atoms with E-state index >= 15 is 0 Å². The summed E-state index contributed by atoms with van der Waals surface area (Å²) in [6.07, 6.45) is -3.35. The van der Waals surface area contributed by atoms with E-state index in [9.17, 15) is 24.0 Å². The van der Waals surface area contributed by atoms with Gasteiger partial charge in [-0.2, -0.15) is 0 Å². The molecule has 0 radical (unpaired) electrons. The molecule has 156 valence electrons. The lowest BCUT2D eigenvalue weighted by Gasteiger charge is -2.48. The first-order chi connectivity index (χ1) is 12.9. The van der Waals surface area contributed by atoms with Gasteiger partial charge >= 0.3 is 23.9 Å². The molecule has 0 aromatic rings. The molecule has 0 saturated carbocycles. The number of hydrogen-bond acceptors (Lipinski definition) is 11. The van der Waals surface area contributed by atoms with Gasteiger partial charge in [0.2, 0.25) is 5.78 Å². The maximum atomic E-state index is 12.5. The first-order valence-electron chi connectivity index (χ1n) is 8.22. The Morgan fingerprint density at radius 2 is 1.50 bits per heavy atom. The zero-order chi connectivity index (χ0) is 21.6. The Morgan fingerprint density at radius 3 is 1.93 bits per heavy atom. The highest BCUT2D eigenvalue weighted by Gasteiger charge is 2.62. The van der Waals surface area contributed by atoms with Gasteiger partial charge < -0.3 is 29.4 Å². The van der Waals surface area contributed by atoms with E-state index in [-0.39, 0.29) is 0 Å². The van der Waals surface area contributed by atoms with Crippen LogP contribution in [-0.4, -0.2) is 66.4 Å². The standard InChI is InChI=1S/C17H23NO10/c1-6-13(23)17(27-11(5)22)16(18)15(26-10(4)21)14(25-9(3)20)12(28-17)7-24-8(2)19/h6,12,14-16H,1,7,18H2,2-5H3/t12-,14-,15+,16-,17-/m1/s1. The SMILES string of the molecule is C=CC(=O)[C@@]1(OC(C)=O)O[C@H](COC(C)=O)[C@@H](OC(C)=O)[C@H](OC(C)=O)[C@H]1N. The summed E-state index contributed by atoms with van der Waals surface area (Å²) in [5, 5.41) is 0. The van der Waals surface area contributed by atoms with E-state index in [4.69, 9.17) is 29.4 Å². The van der Waals surface area contributed by atoms with Crippen LogP contribution in [0.5, 0.6) is 0 Å². The minimum absolute atomic E-state index is 0.509. The maximum absolute atomic E-state index is 12.5. The van der Waals surface area contributed by atoms with Crippen molar-refractivity contribution in [1.82, 2.24) is 0 Å². The summed E-state index contributed by atoms with van der Waals surface area (Å²) < 4.78 is 25.8. The Kier molecular flexibility index (Phi) is 7.82. The zero-order valence-corrected chi connectivity index (χ0v) is 16.0. The Morgan fingerprint density at radius 1 is 0.964 bits per heavy atom. The summed E-state index contributed by atoms with van der Waals surface area (Å²) in [5.41, 5.74) is 6.07. The molecule has 0 unspecified atom stereocenters. The molecule has 0 aliphatic carbocycles. The summed E-state index contributed by atoms with van der Waals surface area (Å²) in [6, 6.07) is -1.58. The molecular weight excluding hydrogens is 378 g/mol. The Labute approximate surface area is 161 Å². The number of rotatable bonds is 7. The van der Waals surface area contributed by atoms with E-state index in [0.717, 1.165) is 33.8 Å². The Bertz CT molecular complexity index is 675. The minimum atomic E-state index is -2.44. The fourth-order valence-electron chi connectivity index (χ4n) is 2.72. The molecule has 1 fully saturated rings. The molecule has 0 bridgehead atoms. The molecule has 0 aromatic heterocycles. The van der Waals surface area contributed by atoms with Crippen molar-refractivity contribution in [2.45, 2.75) is 57.8 Å². The molecule has 1 heterocycles. The van der Waals surface area contributed by atoms with Crippen molar-refractivity contribution in [3.63, 3.8) is 0 Å². The van der Waals surface area contributed by atoms with Crippen molar-refractivity contribution in [3.8, 4) is 0 Å². The molecule has 28 heavy (non-hydrogen) atoms. The third-order valence-corrected chi connectivity index (χ3v) is 3.69. The Hall–Kier alpha value is -2.79. The molecule has 11 nitrogen and oxygen atoms in total. The lowest BCUT2D eigenvalue weighted by molar-refractivity contribution is -0.304. The predicted octanol–water partition coefficient (Wildman–Crippen LogP) is -0.846. The quantitative estimate of drug-likeness (QED) is 0.322. The smallest absolute Gasteiger partial charge is 0.305 e. The summed E-state index contributed by atoms with van der Waals surface area (Å²) in [6.45, 7) is 7.09. The van der Waals surface area contributed by atoms with E-state index in [2.05, 4.69) is 6.58 Å². The van der Waals surface area contributed by atoms with Crippen molar-refractivity contribution >= 4 is 29.7 Å². The van der Waals surface area contributed by atoms with Crippen LogP contribution in [0.3, 0.4) is 0 Å². The first-order valence-corrected chi connectivity index (χ1v) is 8.22. The lowest BCUT2D eigenvalue weighted by Crippen LogP contribution is -2.73. The van der Waals surface area contributed by atoms with Crippen LogP contribution in [0.25, 0.3) is 0 Å². The average Bonchev–Trinajstić information content (AvgIpc) is 2.57. The highest BCUT2D eigenvalue weighted by molar-refractivity contribution is 5.97. The third kappa shape index (κ3) is 5.36. The maximum Gasteiger partial charge on any atom is 0.305 e. The van der Waals surface area contributed by atoms with E-state index in [1.807, 2.05) is 0 Å². The topological polar surface area (TPSA) is 158 Å². The zero-order valence-electron chi connectivity index (χ0n) is 16.0. The lowest BCUT2D eigenvalue weighted by atomic mass is 9.87. The summed E-state index contributed by atoms with van der Waals surface area (Å²) in [5.74, 6) is -6.59. The number of hydrogen-bond donors (Lipinski definition) is 1. The molecule has 1 aliphatic rings. The van der Waals surface area contributed by atoms with Gasteiger partial charge in [-0.3, -0.25) is 24.0 Å². The van der Waals surface area contributed by atoms with E-state index < -0.39 is 66.4 Å². The molecule has 2 N–H and O–H groups in total. The van der Waals surface area contributed by atoms with Crippen LogP contribution >= 0.6 is 0 Å². The second kappa shape index (κ2) is 9.42. The van der Waals surface area contributed by atoms with Crippen molar-refractivity contribution in [2.75, 3.05) is 6.61 Å². The monoisotopic (exact) mass is 401 g/mol. The van der Waals surface area contributed by atoms with Gasteiger partial charge in [0.05, 0.1) is 0 Å². The minimum Gasteiger partial charge on any atom is -0.463 e. The molecule has 0 amide bonds. The van der Waals surface area contributed by atoms with Gasteiger partial charge in [0.1, 0.15) is 18.8 Å². The van der Waals surface area contributed by atoms with Crippen LogP contribution in [-0.2, 0) is 47.7 Å². The van der Waals surface area contributed by atoms with Gasteiger partial charge in [-0.15, -0.1) is 0 Å². The van der Waals surface area contributed by atoms with Crippen LogP contribution in [0.1, 0.15) is 27.7 Å². The van der Waals surface area contributed by atoms with E-state index in [0.29, 0.717) is 0 Å². The van der Waals surface area contributed by atoms with Gasteiger partial charge in [-0.05, 0) is 6.08 Å². The fraction of sp³-hybridized carbons (Fsp3) is 0.588. The second-order valence-electron chi connectivity index (χ2n) is 5.96. The van der Waals surface area contributed by atoms with Gasteiger partial charge in [-0.25, -0.2) is 0 Å².